The fourth-order valence-electron chi connectivity index (χ4n) is 4.75. The van der Waals surface area contributed by atoms with Crippen molar-refractivity contribution in [1.82, 2.24) is 0 Å². The standard InChI is InChI=1S/C34H29IN2O5/c1-21-13-15-24(16-14-21)20-42-31-27(35)18-25(19-30(31)41-4)17-26-32(38)36(28-11-7-5-9-22(28)2)34(40)37(33(26)39)29-12-8-6-10-23(29)3/h5-19H,20H2,1-4H3. The van der Waals surface area contributed by atoms with Gasteiger partial charge < -0.3 is 9.47 Å². The van der Waals surface area contributed by atoms with E-state index in [4.69, 9.17) is 9.47 Å². The monoisotopic (exact) mass is 672 g/mol. The van der Waals surface area contributed by atoms with Crippen LogP contribution in [0, 0.1) is 24.3 Å². The van der Waals surface area contributed by atoms with E-state index >= 15 is 0 Å². The Kier molecular flexibility index (Phi) is 8.44. The predicted molar refractivity (Wildman–Crippen MR) is 172 cm³/mol. The first-order valence-electron chi connectivity index (χ1n) is 13.3. The van der Waals surface area contributed by atoms with Crippen LogP contribution in [0.4, 0.5) is 16.2 Å². The maximum absolute atomic E-state index is 13.9. The predicted octanol–water partition coefficient (Wildman–Crippen LogP) is 7.39. The third-order valence-corrected chi connectivity index (χ3v) is 7.83. The van der Waals surface area contributed by atoms with Crippen LogP contribution in [0.5, 0.6) is 11.5 Å². The van der Waals surface area contributed by atoms with Crippen molar-refractivity contribution in [3.8, 4) is 11.5 Å². The van der Waals surface area contributed by atoms with Crippen LogP contribution >= 0.6 is 22.6 Å². The van der Waals surface area contributed by atoms with Crippen LogP contribution in [-0.2, 0) is 16.2 Å². The molecule has 4 amide bonds. The Morgan fingerprint density at radius 1 is 0.762 bits per heavy atom. The fourth-order valence-corrected chi connectivity index (χ4v) is 5.53. The van der Waals surface area contributed by atoms with E-state index in [9.17, 15) is 14.4 Å². The maximum Gasteiger partial charge on any atom is 0.343 e. The number of barbiturate groups is 1. The van der Waals surface area contributed by atoms with Gasteiger partial charge >= 0.3 is 6.03 Å². The quantitative estimate of drug-likeness (QED) is 0.116. The zero-order chi connectivity index (χ0) is 30.0. The molecule has 212 valence electrons. The molecule has 8 heteroatoms. The Bertz CT molecular complexity index is 1660. The smallest absolute Gasteiger partial charge is 0.343 e. The lowest BCUT2D eigenvalue weighted by atomic mass is 10.0. The number of hydrogen-bond donors (Lipinski definition) is 0. The molecule has 0 bridgehead atoms. The molecule has 1 aliphatic heterocycles. The molecule has 1 aliphatic rings. The summed E-state index contributed by atoms with van der Waals surface area (Å²) in [5, 5.41) is 0. The van der Waals surface area contributed by atoms with Crippen LogP contribution in [0.25, 0.3) is 6.08 Å². The van der Waals surface area contributed by atoms with Gasteiger partial charge in [0.15, 0.2) is 11.5 Å². The number of nitrogens with zero attached hydrogens (tertiary/aromatic N) is 2. The summed E-state index contributed by atoms with van der Waals surface area (Å²) in [6.45, 7) is 6.01. The zero-order valence-corrected chi connectivity index (χ0v) is 25.8. The first-order valence-corrected chi connectivity index (χ1v) is 14.4. The molecular formula is C34H29IN2O5. The van der Waals surface area contributed by atoms with Gasteiger partial charge in [0.25, 0.3) is 11.8 Å². The molecule has 0 aliphatic carbocycles. The highest BCUT2D eigenvalue weighted by molar-refractivity contribution is 14.1. The maximum atomic E-state index is 13.9. The second-order valence-electron chi connectivity index (χ2n) is 10.0. The van der Waals surface area contributed by atoms with E-state index < -0.39 is 17.8 Å². The molecule has 0 N–H and O–H groups in total. The average Bonchev–Trinajstić information content (AvgIpc) is 2.97. The van der Waals surface area contributed by atoms with Crippen molar-refractivity contribution >= 4 is 57.9 Å². The number of hydrogen-bond acceptors (Lipinski definition) is 5. The summed E-state index contributed by atoms with van der Waals surface area (Å²) < 4.78 is 12.5. The van der Waals surface area contributed by atoms with Crippen LogP contribution in [0.1, 0.15) is 27.8 Å². The number of carbonyl (C=O) groups is 3. The van der Waals surface area contributed by atoms with Crippen molar-refractivity contribution in [3.63, 3.8) is 0 Å². The molecule has 42 heavy (non-hydrogen) atoms. The molecule has 1 heterocycles. The van der Waals surface area contributed by atoms with Gasteiger partial charge in [-0.1, -0.05) is 66.2 Å². The van der Waals surface area contributed by atoms with E-state index in [1.54, 1.807) is 30.3 Å². The summed E-state index contributed by atoms with van der Waals surface area (Å²) >= 11 is 2.15. The van der Waals surface area contributed by atoms with Crippen molar-refractivity contribution in [3.05, 3.63) is 122 Å². The third kappa shape index (κ3) is 5.67. The summed E-state index contributed by atoms with van der Waals surface area (Å²) in [6, 6.07) is 25.1. The zero-order valence-electron chi connectivity index (χ0n) is 23.7. The highest BCUT2D eigenvalue weighted by atomic mass is 127. The molecule has 0 aromatic heterocycles. The Balaban J connectivity index is 1.57. The Morgan fingerprint density at radius 2 is 1.31 bits per heavy atom. The van der Waals surface area contributed by atoms with Gasteiger partial charge in [-0.25, -0.2) is 14.6 Å². The summed E-state index contributed by atoms with van der Waals surface area (Å²) in [5.74, 6) is -0.379. The molecule has 0 unspecified atom stereocenters. The first kappa shape index (κ1) is 29.1. The number of ether oxygens (including phenoxy) is 2. The largest absolute Gasteiger partial charge is 0.493 e. The highest BCUT2D eigenvalue weighted by Gasteiger charge is 2.44. The minimum atomic E-state index is -0.724. The Morgan fingerprint density at radius 3 is 1.83 bits per heavy atom. The summed E-state index contributed by atoms with van der Waals surface area (Å²) in [4.78, 5) is 43.7. The van der Waals surface area contributed by atoms with Gasteiger partial charge in [-0.05, 0) is 96.0 Å². The van der Waals surface area contributed by atoms with Crippen molar-refractivity contribution in [2.45, 2.75) is 27.4 Å². The second kappa shape index (κ2) is 12.2. The summed E-state index contributed by atoms with van der Waals surface area (Å²) in [7, 11) is 1.54. The third-order valence-electron chi connectivity index (χ3n) is 7.03. The van der Waals surface area contributed by atoms with Crippen molar-refractivity contribution < 1.29 is 23.9 Å². The SMILES string of the molecule is COc1cc(C=C2C(=O)N(c3ccccc3C)C(=O)N(c3ccccc3C)C2=O)cc(I)c1OCc1ccc(C)cc1. The summed E-state index contributed by atoms with van der Waals surface area (Å²) in [5.41, 5.74) is 4.87. The molecule has 4 aromatic rings. The Labute approximate surface area is 258 Å². The molecule has 0 spiro atoms. The molecule has 4 aromatic carbocycles. The number of para-hydroxylation sites is 2. The van der Waals surface area contributed by atoms with E-state index in [2.05, 4.69) is 22.6 Å². The molecule has 0 radical (unpaired) electrons. The van der Waals surface area contributed by atoms with E-state index in [0.29, 0.717) is 35.0 Å². The fraction of sp³-hybridized carbons (Fsp3) is 0.147. The Hall–Kier alpha value is -4.44. The van der Waals surface area contributed by atoms with Gasteiger partial charge in [0.1, 0.15) is 12.2 Å². The van der Waals surface area contributed by atoms with Gasteiger partial charge in [-0.3, -0.25) is 9.59 Å². The molecular weight excluding hydrogens is 643 g/mol. The first-order chi connectivity index (χ1) is 20.2. The number of rotatable bonds is 7. The number of urea groups is 1. The number of carbonyl (C=O) groups excluding carboxylic acids is 3. The lowest BCUT2D eigenvalue weighted by molar-refractivity contribution is -0.121. The molecule has 7 nitrogen and oxygen atoms in total. The number of benzene rings is 4. The van der Waals surface area contributed by atoms with Crippen LogP contribution < -0.4 is 19.3 Å². The molecule has 5 rings (SSSR count). The minimum Gasteiger partial charge on any atom is -0.493 e. The number of aryl methyl sites for hydroxylation is 3. The number of halogens is 1. The van der Waals surface area contributed by atoms with Crippen molar-refractivity contribution in [1.29, 1.82) is 0 Å². The van der Waals surface area contributed by atoms with E-state index in [0.717, 1.165) is 30.1 Å². The van der Waals surface area contributed by atoms with E-state index in [1.807, 2.05) is 75.4 Å². The van der Waals surface area contributed by atoms with Crippen LogP contribution in [-0.4, -0.2) is 25.0 Å². The number of methoxy groups -OCH3 is 1. The van der Waals surface area contributed by atoms with Crippen LogP contribution in [0.3, 0.4) is 0 Å². The van der Waals surface area contributed by atoms with Crippen LogP contribution in [0.2, 0.25) is 0 Å². The van der Waals surface area contributed by atoms with Gasteiger partial charge in [-0.2, -0.15) is 0 Å². The highest BCUT2D eigenvalue weighted by Crippen LogP contribution is 2.37. The minimum absolute atomic E-state index is 0.146. The average molecular weight is 673 g/mol. The van der Waals surface area contributed by atoms with Crippen molar-refractivity contribution in [2.75, 3.05) is 16.9 Å². The number of amides is 4. The normalized spacial score (nSPS) is 13.5. The van der Waals surface area contributed by atoms with E-state index in [-0.39, 0.29) is 5.57 Å². The number of imide groups is 2. The van der Waals surface area contributed by atoms with Crippen molar-refractivity contribution in [2.24, 2.45) is 0 Å². The number of anilines is 2. The van der Waals surface area contributed by atoms with Crippen LogP contribution in [0.15, 0.2) is 90.5 Å². The van der Waals surface area contributed by atoms with Gasteiger partial charge in [0.05, 0.1) is 22.1 Å². The molecule has 1 fully saturated rings. The van der Waals surface area contributed by atoms with E-state index in [1.165, 1.54) is 18.7 Å². The second-order valence-corrected chi connectivity index (χ2v) is 11.2. The molecule has 0 saturated carbocycles. The topological polar surface area (TPSA) is 76.2 Å². The van der Waals surface area contributed by atoms with Gasteiger partial charge in [-0.15, -0.1) is 0 Å². The lowest BCUT2D eigenvalue weighted by Gasteiger charge is -2.35. The summed E-state index contributed by atoms with van der Waals surface area (Å²) in [6.07, 6.45) is 1.50. The molecule has 1 saturated heterocycles. The lowest BCUT2D eigenvalue weighted by Crippen LogP contribution is -2.57. The van der Waals surface area contributed by atoms with Gasteiger partial charge in [0, 0.05) is 0 Å². The van der Waals surface area contributed by atoms with Gasteiger partial charge in [0.2, 0.25) is 0 Å². The molecule has 0 atom stereocenters.